The van der Waals surface area contributed by atoms with Gasteiger partial charge in [0.25, 0.3) is 0 Å². The van der Waals surface area contributed by atoms with Gasteiger partial charge in [0.2, 0.25) is 0 Å². The Labute approximate surface area is 403 Å². The number of benzene rings is 6. The first-order valence-electron chi connectivity index (χ1n) is 21.4. The van der Waals surface area contributed by atoms with Crippen molar-refractivity contribution in [2.24, 2.45) is 0 Å². The monoisotopic (exact) mass is 1030 g/mol. The van der Waals surface area contributed by atoms with E-state index in [1.807, 2.05) is 54.6 Å². The molecule has 324 valence electrons. The van der Waals surface area contributed by atoms with Crippen molar-refractivity contribution in [3.8, 4) is 33.4 Å². The molecule has 62 heavy (non-hydrogen) atoms. The molecule has 0 aromatic heterocycles. The van der Waals surface area contributed by atoms with Crippen LogP contribution in [0.15, 0.2) is 170 Å². The molecule has 0 atom stereocenters. The average Bonchev–Trinajstić information content (AvgIpc) is 3.93. The smallest absolute Gasteiger partial charge is 0.0184 e. The topological polar surface area (TPSA) is 0 Å². The Bertz CT molecular complexity index is 2070. The summed E-state index contributed by atoms with van der Waals surface area (Å²) in [4.78, 5) is 0. The molecule has 0 bridgehead atoms. The summed E-state index contributed by atoms with van der Waals surface area (Å²) in [5, 5.41) is 0. The van der Waals surface area contributed by atoms with Gasteiger partial charge in [-0.05, 0) is 61.6 Å². The van der Waals surface area contributed by atoms with Gasteiger partial charge in [-0.3, -0.25) is 0 Å². The zero-order valence-electron chi connectivity index (χ0n) is 39.3. The van der Waals surface area contributed by atoms with E-state index in [4.69, 9.17) is 0 Å². The van der Waals surface area contributed by atoms with Gasteiger partial charge in [-0.1, -0.05) is 228 Å². The average molecular weight is 1030 g/mol. The number of fused-ring (bicyclic) bond motifs is 3. The Hall–Kier alpha value is -4.01. The minimum absolute atomic E-state index is 0. The molecule has 0 saturated carbocycles. The Kier molecular flexibility index (Phi) is 21.1. The molecule has 0 nitrogen and oxygen atoms in total. The van der Waals surface area contributed by atoms with Crippen molar-refractivity contribution >= 4 is 4.26 Å². The molecule has 0 heterocycles. The second kappa shape index (κ2) is 24.2. The van der Waals surface area contributed by atoms with E-state index in [9.17, 15) is 0 Å². The van der Waals surface area contributed by atoms with Crippen LogP contribution in [0.4, 0.5) is 0 Å². The predicted molar refractivity (Wildman–Crippen MR) is 261 cm³/mol. The van der Waals surface area contributed by atoms with Crippen LogP contribution in [-0.4, -0.2) is 4.26 Å². The number of hydrogen-bond acceptors (Lipinski definition) is 0. The van der Waals surface area contributed by atoms with Crippen LogP contribution in [0.2, 0.25) is 0 Å². The molecule has 7 aromatic rings. The van der Waals surface area contributed by atoms with E-state index in [1.165, 1.54) is 66.8 Å². The van der Waals surface area contributed by atoms with Crippen molar-refractivity contribution in [3.05, 3.63) is 209 Å². The standard InChI is InChI=1S/C29H41.2C12H10.C5H5.CH2.2ClH.Hf/c1-26(2,3)22-14-18-13-19-15-23(27(4,5)6)25(29(10,11)12)17-21(19)20(18)16-24(22)28(7,8)9;2*1-3-7-11(8-4-1)12-9-5-2-6-10-12;1-2-4-5-3-1;;;;/h14,16-17H,13H2,1-12H3;2*1-10H;1-5H;1H2;2*1H;/q-1;;;-1;;;;+2/p-2. The summed E-state index contributed by atoms with van der Waals surface area (Å²) in [5.74, 6) is 0. The molecule has 8 rings (SSSR count). The molecule has 0 fully saturated rings. The molecule has 0 radical (unpaired) electrons. The van der Waals surface area contributed by atoms with Crippen LogP contribution in [0.1, 0.15) is 116 Å². The van der Waals surface area contributed by atoms with Crippen LogP contribution < -0.4 is 24.8 Å². The molecular formula is C59H68Cl2Hf-2. The van der Waals surface area contributed by atoms with Gasteiger partial charge in [0, 0.05) is 0 Å². The van der Waals surface area contributed by atoms with Gasteiger partial charge in [-0.15, -0.1) is 16.7 Å². The molecule has 0 aliphatic heterocycles. The van der Waals surface area contributed by atoms with Crippen LogP contribution in [0.25, 0.3) is 33.4 Å². The van der Waals surface area contributed by atoms with E-state index in [1.54, 1.807) is 0 Å². The zero-order chi connectivity index (χ0) is 44.1. The summed E-state index contributed by atoms with van der Waals surface area (Å²) in [7, 11) is 0. The van der Waals surface area contributed by atoms with Crippen molar-refractivity contribution in [1.82, 2.24) is 0 Å². The number of halogens is 2. The number of hydrogen-bond donors (Lipinski definition) is 0. The maximum atomic E-state index is 3.90. The summed E-state index contributed by atoms with van der Waals surface area (Å²) in [6.07, 6.45) is 1.01. The van der Waals surface area contributed by atoms with Gasteiger partial charge in [0.05, 0.1) is 0 Å². The summed E-state index contributed by atoms with van der Waals surface area (Å²) in [6.45, 7) is 28.0. The van der Waals surface area contributed by atoms with Crippen LogP contribution in [0.3, 0.4) is 0 Å². The Morgan fingerprint density at radius 1 is 0.419 bits per heavy atom. The quantitative estimate of drug-likeness (QED) is 0.120. The summed E-state index contributed by atoms with van der Waals surface area (Å²) in [6, 6.07) is 62.9. The van der Waals surface area contributed by atoms with Crippen molar-refractivity contribution < 1.29 is 48.7 Å². The molecule has 7 aromatic carbocycles. The van der Waals surface area contributed by atoms with E-state index in [-0.39, 0.29) is 46.5 Å². The van der Waals surface area contributed by atoms with E-state index in [2.05, 4.69) is 209 Å². The Morgan fingerprint density at radius 3 is 1.03 bits per heavy atom. The maximum absolute atomic E-state index is 3.90. The van der Waals surface area contributed by atoms with Crippen molar-refractivity contribution in [2.45, 2.75) is 111 Å². The third-order valence-electron chi connectivity index (χ3n) is 10.6. The van der Waals surface area contributed by atoms with E-state index in [0.29, 0.717) is 0 Å². The van der Waals surface area contributed by atoms with Crippen molar-refractivity contribution in [3.63, 3.8) is 0 Å². The molecule has 0 saturated heterocycles. The third-order valence-corrected chi connectivity index (χ3v) is 10.6. The predicted octanol–water partition coefficient (Wildman–Crippen LogP) is 10.3. The fraction of sp³-hybridized carbons (Fsp3) is 0.288. The van der Waals surface area contributed by atoms with Crippen molar-refractivity contribution in [2.75, 3.05) is 0 Å². The first-order valence-corrected chi connectivity index (χ1v) is 23.9. The Balaban J connectivity index is 0.000000328. The SMILES string of the molecule is CC(C)(C)c1[c-]c2c(cc1C(C)(C)C)-c1cc(C(C)(C)C)c(C(C)(C)C)cc1C2.[CH2]=[Hf+2].[Cl-].[Cl-].c1cc[cH-]c1.c1ccc(-c2ccccc2)cc1.c1ccc(-c2ccccc2)cc1. The largest absolute Gasteiger partial charge is 1.00 e. The molecule has 1 aliphatic carbocycles. The van der Waals surface area contributed by atoms with E-state index < -0.39 is 0 Å². The van der Waals surface area contributed by atoms with Gasteiger partial charge in [-0.2, -0.15) is 35.9 Å². The van der Waals surface area contributed by atoms with E-state index in [0.717, 1.165) is 30.3 Å². The van der Waals surface area contributed by atoms with Gasteiger partial charge in [-0.25, -0.2) is 12.1 Å². The molecule has 0 N–H and O–H groups in total. The molecule has 0 amide bonds. The zero-order valence-corrected chi connectivity index (χ0v) is 44.4. The van der Waals surface area contributed by atoms with E-state index >= 15 is 0 Å². The Morgan fingerprint density at radius 2 is 0.742 bits per heavy atom. The van der Waals surface area contributed by atoms with Gasteiger partial charge in [0.1, 0.15) is 0 Å². The summed E-state index contributed by atoms with van der Waals surface area (Å²) < 4.78 is 3.39. The minimum Gasteiger partial charge on any atom is -1.00 e. The summed E-state index contributed by atoms with van der Waals surface area (Å²) >= 11 is 1.06. The second-order valence-electron chi connectivity index (χ2n) is 19.6. The first kappa shape index (κ1) is 54.1. The number of rotatable bonds is 2. The van der Waals surface area contributed by atoms with Gasteiger partial charge >= 0.3 is 28.2 Å². The molecular weight excluding hydrogens is 958 g/mol. The fourth-order valence-electron chi connectivity index (χ4n) is 7.47. The summed E-state index contributed by atoms with van der Waals surface area (Å²) in [5.41, 5.74) is 17.1. The van der Waals surface area contributed by atoms with Crippen LogP contribution in [-0.2, 0) is 52.0 Å². The van der Waals surface area contributed by atoms with Gasteiger partial charge < -0.3 is 24.8 Å². The second-order valence-corrected chi connectivity index (χ2v) is 19.6. The van der Waals surface area contributed by atoms with Crippen molar-refractivity contribution in [1.29, 1.82) is 0 Å². The molecule has 1 aliphatic rings. The van der Waals surface area contributed by atoms with Crippen LogP contribution >= 0.6 is 0 Å². The molecule has 0 unspecified atom stereocenters. The van der Waals surface area contributed by atoms with Gasteiger partial charge in [0.15, 0.2) is 0 Å². The normalized spacial score (nSPS) is 11.4. The van der Waals surface area contributed by atoms with Crippen LogP contribution in [0.5, 0.6) is 0 Å². The third kappa shape index (κ3) is 15.4. The first-order chi connectivity index (χ1) is 28.3. The molecule has 3 heteroatoms. The fourth-order valence-corrected chi connectivity index (χ4v) is 7.47. The maximum Gasteiger partial charge on any atom is -0.0184 e. The minimum atomic E-state index is 0. The molecule has 0 spiro atoms. The van der Waals surface area contributed by atoms with Crippen LogP contribution in [0, 0.1) is 6.07 Å².